The van der Waals surface area contributed by atoms with Crippen LogP contribution in [0.4, 0.5) is 5.69 Å². The number of methoxy groups -OCH3 is 1. The number of nitrogens with zero attached hydrogens (tertiary/aromatic N) is 1. The first-order chi connectivity index (χ1) is 9.53. The van der Waals surface area contributed by atoms with Crippen LogP contribution in [-0.4, -0.2) is 25.2 Å². The fourth-order valence-electron chi connectivity index (χ4n) is 2.28. The summed E-state index contributed by atoms with van der Waals surface area (Å²) in [5.41, 5.74) is 3.65. The number of hydrogen-bond donors (Lipinski definition) is 1. The lowest BCUT2D eigenvalue weighted by Gasteiger charge is -2.25. The van der Waals surface area contributed by atoms with Crippen molar-refractivity contribution in [2.45, 2.75) is 27.2 Å². The second kappa shape index (κ2) is 6.23. The van der Waals surface area contributed by atoms with Crippen molar-refractivity contribution in [3.8, 4) is 0 Å². The number of nitrogens with one attached hydrogen (secondary N) is 1. The standard InChI is InChI=1S/C17H24N2O/c1-13-6-5-7-14-15(8-10-18-16(13)14)19-12-17(2,3)9-11-20-4/h5-8,10H,9,11-12H2,1-4H3,(H,18,19). The Balaban J connectivity index is 2.16. The normalized spacial score (nSPS) is 11.8. The summed E-state index contributed by atoms with van der Waals surface area (Å²) in [7, 11) is 1.75. The van der Waals surface area contributed by atoms with Crippen LogP contribution in [-0.2, 0) is 4.74 Å². The Hall–Kier alpha value is -1.61. The summed E-state index contributed by atoms with van der Waals surface area (Å²) in [5, 5.41) is 4.76. The third-order valence-corrected chi connectivity index (χ3v) is 3.71. The van der Waals surface area contributed by atoms with E-state index in [1.807, 2.05) is 12.3 Å². The number of ether oxygens (including phenoxy) is 1. The van der Waals surface area contributed by atoms with E-state index in [0.717, 1.165) is 30.8 Å². The molecule has 1 N–H and O–H groups in total. The Bertz CT molecular complexity index is 578. The van der Waals surface area contributed by atoms with Gasteiger partial charge in [-0.25, -0.2) is 0 Å². The summed E-state index contributed by atoms with van der Waals surface area (Å²) in [6, 6.07) is 8.36. The molecule has 1 aromatic heterocycles. The number of rotatable bonds is 6. The van der Waals surface area contributed by atoms with Crippen molar-refractivity contribution in [1.29, 1.82) is 0 Å². The molecule has 0 fully saturated rings. The molecule has 3 nitrogen and oxygen atoms in total. The molecule has 20 heavy (non-hydrogen) atoms. The highest BCUT2D eigenvalue weighted by molar-refractivity contribution is 5.92. The van der Waals surface area contributed by atoms with E-state index in [1.165, 1.54) is 10.9 Å². The van der Waals surface area contributed by atoms with Crippen LogP contribution < -0.4 is 5.32 Å². The van der Waals surface area contributed by atoms with E-state index in [-0.39, 0.29) is 5.41 Å². The van der Waals surface area contributed by atoms with Gasteiger partial charge in [0.1, 0.15) is 0 Å². The second-order valence-electron chi connectivity index (χ2n) is 6.09. The molecule has 2 rings (SSSR count). The van der Waals surface area contributed by atoms with E-state index < -0.39 is 0 Å². The Morgan fingerprint density at radius 2 is 2.05 bits per heavy atom. The summed E-state index contributed by atoms with van der Waals surface area (Å²) in [6.45, 7) is 8.33. The van der Waals surface area contributed by atoms with Gasteiger partial charge in [-0.1, -0.05) is 32.0 Å². The van der Waals surface area contributed by atoms with Gasteiger partial charge in [-0.3, -0.25) is 4.98 Å². The molecule has 0 radical (unpaired) electrons. The SMILES string of the molecule is COCCC(C)(C)CNc1ccnc2c(C)cccc12. The van der Waals surface area contributed by atoms with Crippen LogP contribution >= 0.6 is 0 Å². The third-order valence-electron chi connectivity index (χ3n) is 3.71. The van der Waals surface area contributed by atoms with Gasteiger partial charge in [0, 0.05) is 37.5 Å². The van der Waals surface area contributed by atoms with Crippen molar-refractivity contribution < 1.29 is 4.74 Å². The minimum atomic E-state index is 0.204. The zero-order valence-electron chi connectivity index (χ0n) is 12.9. The van der Waals surface area contributed by atoms with E-state index in [0.29, 0.717) is 0 Å². The average Bonchev–Trinajstić information content (AvgIpc) is 2.44. The fraction of sp³-hybridized carbons (Fsp3) is 0.471. The highest BCUT2D eigenvalue weighted by Gasteiger charge is 2.17. The van der Waals surface area contributed by atoms with Gasteiger partial charge >= 0.3 is 0 Å². The number of benzene rings is 1. The van der Waals surface area contributed by atoms with E-state index in [2.05, 4.69) is 49.3 Å². The van der Waals surface area contributed by atoms with Crippen molar-refractivity contribution in [2.75, 3.05) is 25.6 Å². The van der Waals surface area contributed by atoms with Gasteiger partial charge in [-0.2, -0.15) is 0 Å². The molecule has 3 heteroatoms. The Morgan fingerprint density at radius 3 is 2.80 bits per heavy atom. The summed E-state index contributed by atoms with van der Waals surface area (Å²) in [5.74, 6) is 0. The number of aromatic nitrogens is 1. The van der Waals surface area contributed by atoms with Crippen molar-refractivity contribution in [1.82, 2.24) is 4.98 Å². The third kappa shape index (κ3) is 3.48. The molecule has 0 atom stereocenters. The van der Waals surface area contributed by atoms with Crippen molar-refractivity contribution in [3.63, 3.8) is 0 Å². The largest absolute Gasteiger partial charge is 0.385 e. The van der Waals surface area contributed by atoms with Crippen molar-refractivity contribution >= 4 is 16.6 Å². The minimum Gasteiger partial charge on any atom is -0.385 e. The molecule has 1 heterocycles. The van der Waals surface area contributed by atoms with Crippen LogP contribution in [0.15, 0.2) is 30.5 Å². The maximum atomic E-state index is 5.18. The van der Waals surface area contributed by atoms with Crippen LogP contribution in [0.1, 0.15) is 25.8 Å². The number of para-hydroxylation sites is 1. The molecule has 2 aromatic rings. The van der Waals surface area contributed by atoms with Crippen molar-refractivity contribution in [3.05, 3.63) is 36.0 Å². The molecule has 0 bridgehead atoms. The molecular weight excluding hydrogens is 248 g/mol. The molecule has 0 saturated heterocycles. The second-order valence-corrected chi connectivity index (χ2v) is 6.09. The van der Waals surface area contributed by atoms with E-state index in [9.17, 15) is 0 Å². The van der Waals surface area contributed by atoms with Crippen LogP contribution in [0.5, 0.6) is 0 Å². The predicted octanol–water partition coefficient (Wildman–Crippen LogP) is 4.02. The van der Waals surface area contributed by atoms with E-state index >= 15 is 0 Å². The van der Waals surface area contributed by atoms with Gasteiger partial charge in [0.2, 0.25) is 0 Å². The van der Waals surface area contributed by atoms with E-state index in [1.54, 1.807) is 7.11 Å². The highest BCUT2D eigenvalue weighted by Crippen LogP contribution is 2.26. The lowest BCUT2D eigenvalue weighted by Crippen LogP contribution is -2.24. The molecular formula is C17H24N2O. The lowest BCUT2D eigenvalue weighted by molar-refractivity contribution is 0.157. The summed E-state index contributed by atoms with van der Waals surface area (Å²) >= 11 is 0. The smallest absolute Gasteiger partial charge is 0.0751 e. The first-order valence-corrected chi connectivity index (χ1v) is 7.11. The number of pyridine rings is 1. The number of fused-ring (bicyclic) bond motifs is 1. The zero-order valence-corrected chi connectivity index (χ0v) is 12.9. The quantitative estimate of drug-likeness (QED) is 0.862. The number of hydrogen-bond acceptors (Lipinski definition) is 3. The number of aryl methyl sites for hydroxylation is 1. The van der Waals surface area contributed by atoms with Crippen LogP contribution in [0.3, 0.4) is 0 Å². The van der Waals surface area contributed by atoms with Crippen LogP contribution in [0.2, 0.25) is 0 Å². The van der Waals surface area contributed by atoms with Gasteiger partial charge < -0.3 is 10.1 Å². The monoisotopic (exact) mass is 272 g/mol. The van der Waals surface area contributed by atoms with Crippen LogP contribution in [0.25, 0.3) is 10.9 Å². The molecule has 0 aliphatic rings. The first kappa shape index (κ1) is 14.8. The zero-order chi connectivity index (χ0) is 14.6. The van der Waals surface area contributed by atoms with Gasteiger partial charge in [0.05, 0.1) is 5.52 Å². The average molecular weight is 272 g/mol. The predicted molar refractivity (Wildman–Crippen MR) is 85.2 cm³/mol. The topological polar surface area (TPSA) is 34.1 Å². The molecule has 0 saturated carbocycles. The highest BCUT2D eigenvalue weighted by atomic mass is 16.5. The molecule has 0 aliphatic carbocycles. The van der Waals surface area contributed by atoms with Gasteiger partial charge in [-0.15, -0.1) is 0 Å². The Labute approximate surface area is 121 Å². The van der Waals surface area contributed by atoms with Crippen LogP contribution in [0, 0.1) is 12.3 Å². The molecule has 1 aromatic carbocycles. The molecule has 0 aliphatic heterocycles. The van der Waals surface area contributed by atoms with Gasteiger partial charge in [0.25, 0.3) is 0 Å². The molecule has 0 spiro atoms. The molecule has 108 valence electrons. The first-order valence-electron chi connectivity index (χ1n) is 7.11. The Kier molecular flexibility index (Phi) is 4.61. The summed E-state index contributed by atoms with van der Waals surface area (Å²) in [6.07, 6.45) is 2.92. The maximum absolute atomic E-state index is 5.18. The lowest BCUT2D eigenvalue weighted by atomic mass is 9.89. The van der Waals surface area contributed by atoms with Gasteiger partial charge in [-0.05, 0) is 30.4 Å². The summed E-state index contributed by atoms with van der Waals surface area (Å²) in [4.78, 5) is 4.48. The van der Waals surface area contributed by atoms with Crippen molar-refractivity contribution in [2.24, 2.45) is 5.41 Å². The molecule has 0 unspecified atom stereocenters. The van der Waals surface area contributed by atoms with E-state index in [4.69, 9.17) is 4.74 Å². The minimum absolute atomic E-state index is 0.204. The molecule has 0 amide bonds. The maximum Gasteiger partial charge on any atom is 0.0751 e. The fourth-order valence-corrected chi connectivity index (χ4v) is 2.28. The van der Waals surface area contributed by atoms with Gasteiger partial charge in [0.15, 0.2) is 0 Å². The summed E-state index contributed by atoms with van der Waals surface area (Å²) < 4.78 is 5.18. The Morgan fingerprint density at radius 1 is 1.25 bits per heavy atom. The number of anilines is 1.